The highest BCUT2D eigenvalue weighted by molar-refractivity contribution is 7.91. The van der Waals surface area contributed by atoms with E-state index in [-0.39, 0.29) is 17.7 Å². The first-order valence-electron chi connectivity index (χ1n) is 20.9. The Morgan fingerprint density at radius 1 is 1.03 bits per heavy atom. The number of hydrogen-bond acceptors (Lipinski definition) is 11. The molecule has 12 heteroatoms. The van der Waals surface area contributed by atoms with Gasteiger partial charge in [0.05, 0.1) is 35.0 Å². The Kier molecular flexibility index (Phi) is 26.8. The summed E-state index contributed by atoms with van der Waals surface area (Å²) in [6, 6.07) is 18.5. The van der Waals surface area contributed by atoms with Gasteiger partial charge in [-0.25, -0.2) is 14.3 Å². The second-order valence-electron chi connectivity index (χ2n) is 14.2. The molecular weight excluding hydrogens is 822 g/mol. The molecule has 0 unspecified atom stereocenters. The van der Waals surface area contributed by atoms with Crippen molar-refractivity contribution in [3.8, 4) is 0 Å². The van der Waals surface area contributed by atoms with Gasteiger partial charge in [0, 0.05) is 30.9 Å². The number of benzene rings is 2. The van der Waals surface area contributed by atoms with Crippen molar-refractivity contribution in [2.45, 2.75) is 101 Å². The lowest BCUT2D eigenvalue weighted by molar-refractivity contribution is -0.128. The highest BCUT2D eigenvalue weighted by atomic mass is 32.2. The van der Waals surface area contributed by atoms with Crippen molar-refractivity contribution in [3.63, 3.8) is 0 Å². The Balaban J connectivity index is 0.000000573. The van der Waals surface area contributed by atoms with Crippen LogP contribution in [-0.2, 0) is 32.8 Å². The number of hydrogen-bond donors (Lipinski definition) is 1. The van der Waals surface area contributed by atoms with Gasteiger partial charge in [0.2, 0.25) is 0 Å². The van der Waals surface area contributed by atoms with E-state index in [0.29, 0.717) is 45.2 Å². The predicted octanol–water partition coefficient (Wildman–Crippen LogP) is 13.8. The van der Waals surface area contributed by atoms with Crippen molar-refractivity contribution in [2.24, 2.45) is 10.7 Å². The summed E-state index contributed by atoms with van der Waals surface area (Å²) in [4.78, 5) is 22.3. The zero-order chi connectivity index (χ0) is 46.0. The molecule has 0 radical (unpaired) electrons. The summed E-state index contributed by atoms with van der Waals surface area (Å²) in [5, 5.41) is 2.28. The molecule has 2 heterocycles. The zero-order valence-corrected chi connectivity index (χ0v) is 41.3. The molecule has 5 rings (SSSR count). The van der Waals surface area contributed by atoms with Crippen LogP contribution in [0.4, 0.5) is 8.89 Å². The molecule has 4 aromatic rings. The van der Waals surface area contributed by atoms with Crippen molar-refractivity contribution in [2.75, 3.05) is 38.8 Å². The number of nitrogens with zero attached hydrogens (tertiary/aromatic N) is 4. The molecule has 0 atom stereocenters. The summed E-state index contributed by atoms with van der Waals surface area (Å²) >= 11 is 3.78. The van der Waals surface area contributed by atoms with Gasteiger partial charge in [-0.2, -0.15) is 0 Å². The molecular formula is C49H70FN5O3S3. The molecule has 2 N–H and O–H groups in total. The van der Waals surface area contributed by atoms with Gasteiger partial charge in [-0.15, -0.1) is 26.6 Å². The summed E-state index contributed by atoms with van der Waals surface area (Å²) < 4.78 is 25.4. The summed E-state index contributed by atoms with van der Waals surface area (Å²) in [7, 11) is 3.75. The second-order valence-corrected chi connectivity index (χ2v) is 17.0. The molecule has 0 saturated carbocycles. The van der Waals surface area contributed by atoms with Crippen LogP contribution in [0.15, 0.2) is 107 Å². The SMILES string of the molecule is C=N/C(N)=C\C=C/COCc1ccc(CN(C)SF)cc1.CC.CC.CC1=C(/C=C(C)/C=C(/C)c2nc3ccccc3s2)C(C)(C)c2cc(N(C)CCOC=O)sc21.CCC. The van der Waals surface area contributed by atoms with Gasteiger partial charge in [0.1, 0.15) is 29.8 Å². The summed E-state index contributed by atoms with van der Waals surface area (Å²) in [5.41, 5.74) is 15.1. The number of thiazole rings is 1. The molecule has 2 aromatic carbocycles. The number of allylic oxidation sites excluding steroid dienone is 8. The van der Waals surface area contributed by atoms with Crippen LogP contribution in [0.2, 0.25) is 0 Å². The highest BCUT2D eigenvalue weighted by Crippen LogP contribution is 2.52. The minimum atomic E-state index is -0.0623. The monoisotopic (exact) mass is 891 g/mol. The van der Waals surface area contributed by atoms with E-state index in [2.05, 4.69) is 101 Å². The summed E-state index contributed by atoms with van der Waals surface area (Å²) in [6.45, 7) is 29.9. The number of carbonyl (C=O) groups is 1. The zero-order valence-electron chi connectivity index (χ0n) is 38.8. The van der Waals surface area contributed by atoms with Crippen LogP contribution in [-0.4, -0.2) is 56.3 Å². The van der Waals surface area contributed by atoms with Gasteiger partial charge in [0.15, 0.2) is 0 Å². The number of thiophene rings is 1. The third-order valence-corrected chi connectivity index (χ3v) is 11.8. The molecule has 1 aliphatic rings. The lowest BCUT2D eigenvalue weighted by Gasteiger charge is -2.23. The third kappa shape index (κ3) is 17.9. The quantitative estimate of drug-likeness (QED) is 0.0368. The Bertz CT molecular complexity index is 2030. The maximum atomic E-state index is 12.3. The fourth-order valence-corrected chi connectivity index (χ4v) is 8.39. The van der Waals surface area contributed by atoms with Crippen LogP contribution in [0.25, 0.3) is 21.4 Å². The first-order chi connectivity index (χ1) is 29.3. The minimum absolute atomic E-state index is 0.0623. The third-order valence-electron chi connectivity index (χ3n) is 8.86. The molecule has 0 fully saturated rings. The molecule has 0 saturated heterocycles. The molecule has 8 nitrogen and oxygen atoms in total. The number of nitrogens with two attached hydrogens (primary N) is 1. The standard InChI is InChI=1S/C27H30N2O2S2.C15H20FN3OS.C3H8.2C2H6/c1-17(13-18(2)26-28-22-9-7-8-10-23(22)32-26)14-20-19(3)25-21(27(20,4)5)15-24(33-25)29(6)11-12-31-16-30;1-18-15(17)5-3-4-10-20-12-14-8-6-13(7-9-14)11-19(2)21-16;1-3-2;2*1-2/h7-10,13-16H,11-12H2,1-6H3;3-9H,1,10-12,17H2,2H3;3H2,1-2H3;2*1-2H3/b17-14+,18-13-;4-3-,15-5-;;;. The first-order valence-corrected chi connectivity index (χ1v) is 23.2. The topological polar surface area (TPSA) is 93.3 Å². The van der Waals surface area contributed by atoms with Gasteiger partial charge in [0.25, 0.3) is 6.47 Å². The van der Waals surface area contributed by atoms with Gasteiger partial charge >= 0.3 is 0 Å². The number of halogens is 1. The van der Waals surface area contributed by atoms with E-state index in [0.717, 1.165) is 21.7 Å². The van der Waals surface area contributed by atoms with E-state index >= 15 is 0 Å². The largest absolute Gasteiger partial charge is 0.466 e. The van der Waals surface area contributed by atoms with Crippen LogP contribution >= 0.6 is 35.0 Å². The number of fused-ring (bicyclic) bond motifs is 2. The number of carbonyl (C=O) groups excluding carboxylic acids is 1. The Labute approximate surface area is 379 Å². The number of para-hydroxylation sites is 1. The summed E-state index contributed by atoms with van der Waals surface area (Å²) in [5.74, 6) is 0.373. The van der Waals surface area contributed by atoms with Crippen molar-refractivity contribution < 1.29 is 18.2 Å². The minimum Gasteiger partial charge on any atom is -0.466 e. The molecule has 334 valence electrons. The number of rotatable bonds is 17. The van der Waals surface area contributed by atoms with Crippen molar-refractivity contribution in [1.82, 2.24) is 9.29 Å². The molecule has 0 bridgehead atoms. The average Bonchev–Trinajstić information content (AvgIpc) is 3.96. The fourth-order valence-electron chi connectivity index (χ4n) is 5.94. The fraction of sp³-hybridized carbons (Fsp3) is 0.408. The van der Waals surface area contributed by atoms with Crippen molar-refractivity contribution >= 4 is 74.6 Å². The van der Waals surface area contributed by atoms with E-state index in [4.69, 9.17) is 20.2 Å². The molecule has 0 amide bonds. The van der Waals surface area contributed by atoms with Gasteiger partial charge in [-0.3, -0.25) is 4.79 Å². The number of ether oxygens (including phenoxy) is 2. The molecule has 2 aromatic heterocycles. The maximum Gasteiger partial charge on any atom is 0.293 e. The molecule has 61 heavy (non-hydrogen) atoms. The van der Waals surface area contributed by atoms with Crippen molar-refractivity contribution in [3.05, 3.63) is 129 Å². The highest BCUT2D eigenvalue weighted by Gasteiger charge is 2.37. The Hall–Kier alpha value is -4.33. The summed E-state index contributed by atoms with van der Waals surface area (Å²) in [6.07, 6.45) is 11.1. The van der Waals surface area contributed by atoms with E-state index < -0.39 is 0 Å². The number of anilines is 1. The maximum absolute atomic E-state index is 12.3. The van der Waals surface area contributed by atoms with E-state index in [1.807, 2.05) is 82.5 Å². The molecule has 0 aliphatic heterocycles. The number of aromatic nitrogens is 1. The molecule has 0 spiro atoms. The number of aliphatic imine (C=N–C) groups is 1. The van der Waals surface area contributed by atoms with Gasteiger partial charge in [-0.1, -0.05) is 128 Å². The smallest absolute Gasteiger partial charge is 0.293 e. The van der Waals surface area contributed by atoms with Crippen LogP contribution in [0, 0.1) is 0 Å². The van der Waals surface area contributed by atoms with Crippen LogP contribution in [0.1, 0.15) is 109 Å². The molecule has 1 aliphatic carbocycles. The van der Waals surface area contributed by atoms with Crippen LogP contribution in [0.5, 0.6) is 0 Å². The Morgan fingerprint density at radius 2 is 1.67 bits per heavy atom. The van der Waals surface area contributed by atoms with Gasteiger partial charge < -0.3 is 20.1 Å². The lowest BCUT2D eigenvalue weighted by Crippen LogP contribution is -2.22. The first kappa shape index (κ1) is 54.7. The van der Waals surface area contributed by atoms with E-state index in [1.54, 1.807) is 30.5 Å². The van der Waals surface area contributed by atoms with E-state index in [9.17, 15) is 8.68 Å². The van der Waals surface area contributed by atoms with E-state index in [1.165, 1.54) is 53.2 Å². The second kappa shape index (κ2) is 29.8. The predicted molar refractivity (Wildman–Crippen MR) is 268 cm³/mol. The van der Waals surface area contributed by atoms with Gasteiger partial charge in [-0.05, 0) is 85.2 Å². The van der Waals surface area contributed by atoms with Crippen LogP contribution < -0.4 is 10.6 Å². The van der Waals surface area contributed by atoms with Crippen LogP contribution in [0.3, 0.4) is 0 Å². The number of likely N-dealkylation sites (N-methyl/N-ethyl adjacent to an activating group) is 1. The normalized spacial score (nSPS) is 13.3. The van der Waals surface area contributed by atoms with Crippen molar-refractivity contribution in [1.29, 1.82) is 0 Å². The average molecular weight is 892 g/mol. The lowest BCUT2D eigenvalue weighted by atomic mass is 9.81. The Morgan fingerprint density at radius 3 is 2.26 bits per heavy atom.